The molecule has 0 bridgehead atoms. The maximum absolute atomic E-state index is 13.7. The number of aliphatic carboxylic acids is 1. The summed E-state index contributed by atoms with van der Waals surface area (Å²) >= 11 is 0. The van der Waals surface area contributed by atoms with Gasteiger partial charge in [0.05, 0.1) is 4.90 Å². The number of carboxylic acid groups (broad SMARTS) is 1. The van der Waals surface area contributed by atoms with E-state index in [1.165, 1.54) is 4.31 Å². The minimum atomic E-state index is -3.78. The van der Waals surface area contributed by atoms with Gasteiger partial charge in [-0.25, -0.2) is 8.42 Å². The molecule has 0 unspecified atom stereocenters. The standard InChI is InChI=1S/C25H26N2O5S/c28-23-10-5-4-9-21(23)22-17-27(16-19(22)7-2-1-3-12-25(29)30)33(31,32)24-11-6-8-18-15-26-14-13-20(18)24/h1-2,4-6,8-11,13-15,19,22,28H,3,7,12,16-17H2,(H,29,30)/b2-1-/t19-,22+/m0/s1. The molecule has 2 aromatic carbocycles. The Morgan fingerprint density at radius 1 is 1.09 bits per heavy atom. The van der Waals surface area contributed by atoms with E-state index in [1.807, 2.05) is 30.4 Å². The zero-order valence-electron chi connectivity index (χ0n) is 18.0. The molecule has 1 aliphatic heterocycles. The van der Waals surface area contributed by atoms with Crippen LogP contribution in [-0.2, 0) is 14.8 Å². The Hall–Kier alpha value is -3.23. The second-order valence-corrected chi connectivity index (χ2v) is 10.1. The van der Waals surface area contributed by atoms with Crippen molar-refractivity contribution in [1.29, 1.82) is 0 Å². The smallest absolute Gasteiger partial charge is 0.303 e. The number of allylic oxidation sites excluding steroid dienone is 2. The Kier molecular flexibility index (Phi) is 6.76. The number of sulfonamides is 1. The monoisotopic (exact) mass is 466 g/mol. The van der Waals surface area contributed by atoms with Gasteiger partial charge in [0.1, 0.15) is 5.75 Å². The van der Waals surface area contributed by atoms with Crippen molar-refractivity contribution >= 4 is 26.8 Å². The van der Waals surface area contributed by atoms with Crippen LogP contribution in [-0.4, -0.2) is 47.0 Å². The van der Waals surface area contributed by atoms with E-state index in [1.54, 1.807) is 42.7 Å². The SMILES string of the molecule is O=C(O)CC/C=C\C[C@H]1CN(S(=O)(=O)c2cccc3cnccc23)C[C@H]1c1ccccc1O. The van der Waals surface area contributed by atoms with Crippen LogP contribution in [0.5, 0.6) is 5.75 Å². The summed E-state index contributed by atoms with van der Waals surface area (Å²) in [6, 6.07) is 13.9. The summed E-state index contributed by atoms with van der Waals surface area (Å²) in [5, 5.41) is 20.6. The summed E-state index contributed by atoms with van der Waals surface area (Å²) in [5.41, 5.74) is 0.723. The fourth-order valence-corrected chi connectivity index (χ4v) is 6.21. The Balaban J connectivity index is 1.64. The number of hydrogen-bond acceptors (Lipinski definition) is 5. The topological polar surface area (TPSA) is 108 Å². The van der Waals surface area contributed by atoms with E-state index in [4.69, 9.17) is 5.11 Å². The summed E-state index contributed by atoms with van der Waals surface area (Å²) in [7, 11) is -3.78. The lowest BCUT2D eigenvalue weighted by Crippen LogP contribution is -2.29. The van der Waals surface area contributed by atoms with E-state index in [0.717, 1.165) is 10.9 Å². The van der Waals surface area contributed by atoms with Crippen molar-refractivity contribution in [2.45, 2.75) is 30.1 Å². The summed E-state index contributed by atoms with van der Waals surface area (Å²) in [4.78, 5) is 15.1. The molecule has 2 atom stereocenters. The van der Waals surface area contributed by atoms with Gasteiger partial charge < -0.3 is 10.2 Å². The van der Waals surface area contributed by atoms with E-state index >= 15 is 0 Å². The molecule has 1 aliphatic rings. The molecule has 172 valence electrons. The Morgan fingerprint density at radius 3 is 2.70 bits per heavy atom. The Bertz CT molecular complexity index is 1280. The van der Waals surface area contributed by atoms with E-state index in [2.05, 4.69) is 4.98 Å². The number of aromatic hydroxyl groups is 1. The van der Waals surface area contributed by atoms with E-state index in [9.17, 15) is 18.3 Å². The number of benzene rings is 2. The van der Waals surface area contributed by atoms with Crippen molar-refractivity contribution in [3.63, 3.8) is 0 Å². The predicted octanol–water partition coefficient (Wildman–Crippen LogP) is 4.16. The van der Waals surface area contributed by atoms with Crippen molar-refractivity contribution in [3.8, 4) is 5.75 Å². The van der Waals surface area contributed by atoms with Gasteiger partial charge in [-0.15, -0.1) is 0 Å². The first-order valence-corrected chi connectivity index (χ1v) is 12.3. The minimum Gasteiger partial charge on any atom is -0.508 e. The van der Waals surface area contributed by atoms with Crippen LogP contribution in [0.15, 0.2) is 78.0 Å². The fourth-order valence-electron chi connectivity index (χ4n) is 4.47. The van der Waals surface area contributed by atoms with Crippen LogP contribution < -0.4 is 0 Å². The Morgan fingerprint density at radius 2 is 1.91 bits per heavy atom. The zero-order valence-corrected chi connectivity index (χ0v) is 18.9. The van der Waals surface area contributed by atoms with Gasteiger partial charge in [-0.2, -0.15) is 4.31 Å². The van der Waals surface area contributed by atoms with Crippen molar-refractivity contribution in [3.05, 3.63) is 78.6 Å². The van der Waals surface area contributed by atoms with Crippen LogP contribution in [0.25, 0.3) is 10.8 Å². The van der Waals surface area contributed by atoms with Crippen LogP contribution in [0.1, 0.15) is 30.7 Å². The molecule has 2 heterocycles. The number of rotatable bonds is 8. The summed E-state index contributed by atoms with van der Waals surface area (Å²) in [6.45, 7) is 0.571. The number of phenolic OH excluding ortho intramolecular Hbond substituents is 1. The second kappa shape index (κ2) is 9.72. The number of para-hydroxylation sites is 1. The first-order valence-electron chi connectivity index (χ1n) is 10.9. The molecule has 2 N–H and O–H groups in total. The van der Waals surface area contributed by atoms with Gasteiger partial charge >= 0.3 is 5.97 Å². The first-order chi connectivity index (χ1) is 15.9. The lowest BCUT2D eigenvalue weighted by atomic mass is 9.86. The third-order valence-electron chi connectivity index (χ3n) is 6.13. The average molecular weight is 467 g/mol. The molecule has 1 fully saturated rings. The van der Waals surface area contributed by atoms with Gasteiger partial charge in [-0.1, -0.05) is 42.5 Å². The normalized spacial score (nSPS) is 19.4. The van der Waals surface area contributed by atoms with Gasteiger partial charge in [-0.05, 0) is 42.5 Å². The number of hydrogen-bond donors (Lipinski definition) is 2. The number of fused-ring (bicyclic) bond motifs is 1. The van der Waals surface area contributed by atoms with Gasteiger partial charge in [0.15, 0.2) is 0 Å². The number of phenols is 1. The van der Waals surface area contributed by atoms with E-state index in [0.29, 0.717) is 24.8 Å². The molecule has 1 saturated heterocycles. The number of carbonyl (C=O) groups is 1. The summed E-state index contributed by atoms with van der Waals surface area (Å²) in [5.74, 6) is -0.930. The van der Waals surface area contributed by atoms with Crippen molar-refractivity contribution in [1.82, 2.24) is 9.29 Å². The minimum absolute atomic E-state index is 0.0502. The van der Waals surface area contributed by atoms with Crippen molar-refractivity contribution in [2.75, 3.05) is 13.1 Å². The molecule has 1 aromatic heterocycles. The quantitative estimate of drug-likeness (QED) is 0.483. The summed E-state index contributed by atoms with van der Waals surface area (Å²) < 4.78 is 28.8. The third kappa shape index (κ3) is 4.91. The number of carboxylic acids is 1. The largest absolute Gasteiger partial charge is 0.508 e. The lowest BCUT2D eigenvalue weighted by Gasteiger charge is -2.18. The van der Waals surface area contributed by atoms with Crippen LogP contribution in [0.2, 0.25) is 0 Å². The van der Waals surface area contributed by atoms with Crippen LogP contribution in [0, 0.1) is 5.92 Å². The van der Waals surface area contributed by atoms with E-state index in [-0.39, 0.29) is 35.4 Å². The zero-order chi connectivity index (χ0) is 23.4. The number of aromatic nitrogens is 1. The summed E-state index contributed by atoms with van der Waals surface area (Å²) in [6.07, 6.45) is 8.04. The fraction of sp³-hybridized carbons (Fsp3) is 0.280. The molecule has 0 saturated carbocycles. The second-order valence-electron chi connectivity index (χ2n) is 8.24. The van der Waals surface area contributed by atoms with E-state index < -0.39 is 16.0 Å². The molecule has 33 heavy (non-hydrogen) atoms. The van der Waals surface area contributed by atoms with Gasteiger partial charge in [-0.3, -0.25) is 9.78 Å². The molecule has 0 spiro atoms. The highest BCUT2D eigenvalue weighted by Gasteiger charge is 2.40. The first kappa shape index (κ1) is 22.9. The van der Waals surface area contributed by atoms with Crippen LogP contribution in [0.3, 0.4) is 0 Å². The highest BCUT2D eigenvalue weighted by atomic mass is 32.2. The van der Waals surface area contributed by atoms with Crippen molar-refractivity contribution < 1.29 is 23.4 Å². The molecule has 0 radical (unpaired) electrons. The molecule has 8 heteroatoms. The maximum Gasteiger partial charge on any atom is 0.303 e. The highest BCUT2D eigenvalue weighted by Crippen LogP contribution is 2.41. The molecular weight excluding hydrogens is 440 g/mol. The number of nitrogens with zero attached hydrogens (tertiary/aromatic N) is 2. The lowest BCUT2D eigenvalue weighted by molar-refractivity contribution is -0.136. The van der Waals surface area contributed by atoms with Crippen molar-refractivity contribution in [2.24, 2.45) is 5.92 Å². The molecular formula is C25H26N2O5S. The maximum atomic E-state index is 13.7. The molecule has 7 nitrogen and oxygen atoms in total. The molecule has 3 aromatic rings. The Labute approximate surface area is 193 Å². The number of pyridine rings is 1. The molecule has 0 aliphatic carbocycles. The predicted molar refractivity (Wildman–Crippen MR) is 125 cm³/mol. The molecule has 0 amide bonds. The van der Waals surface area contributed by atoms with Gasteiger partial charge in [0, 0.05) is 48.6 Å². The average Bonchev–Trinajstić information content (AvgIpc) is 3.23. The van der Waals surface area contributed by atoms with Gasteiger partial charge in [0.2, 0.25) is 10.0 Å². The molecule has 4 rings (SSSR count). The van der Waals surface area contributed by atoms with Gasteiger partial charge in [0.25, 0.3) is 0 Å². The van der Waals surface area contributed by atoms with Crippen LogP contribution >= 0.6 is 0 Å². The van der Waals surface area contributed by atoms with Crippen LogP contribution in [0.4, 0.5) is 0 Å². The third-order valence-corrected chi connectivity index (χ3v) is 8.02. The highest BCUT2D eigenvalue weighted by molar-refractivity contribution is 7.89.